The predicted octanol–water partition coefficient (Wildman–Crippen LogP) is 5.37. The van der Waals surface area contributed by atoms with Crippen molar-refractivity contribution < 1.29 is 14.7 Å². The van der Waals surface area contributed by atoms with Crippen LogP contribution in [0.1, 0.15) is 36.5 Å². The summed E-state index contributed by atoms with van der Waals surface area (Å²) in [6, 6.07) is 31.0. The fraction of sp³-hybridized carbons (Fsp3) is 0.353. The zero-order chi connectivity index (χ0) is 29.8. The van der Waals surface area contributed by atoms with E-state index >= 15 is 0 Å². The SMILES string of the molecule is C=CC=O.CC(O)CCN(C)Cc1ccccc1.CN(CCC=O)Cc1ccccc1.CNCc1ccccc1. The molecule has 0 bridgehead atoms. The Labute approximate surface area is 242 Å². The van der Waals surface area contributed by atoms with E-state index < -0.39 is 0 Å². The van der Waals surface area contributed by atoms with Gasteiger partial charge in [-0.1, -0.05) is 97.6 Å². The van der Waals surface area contributed by atoms with Crippen LogP contribution in [0, 0.1) is 0 Å². The van der Waals surface area contributed by atoms with E-state index in [1.54, 1.807) is 0 Å². The summed E-state index contributed by atoms with van der Waals surface area (Å²) in [6.45, 7) is 9.53. The number of nitrogens with one attached hydrogen (secondary N) is 1. The van der Waals surface area contributed by atoms with Crippen LogP contribution in [0.5, 0.6) is 0 Å². The van der Waals surface area contributed by atoms with Crippen LogP contribution < -0.4 is 5.32 Å². The molecule has 0 fully saturated rings. The Kier molecular flexibility index (Phi) is 23.6. The lowest BCUT2D eigenvalue weighted by atomic mass is 10.2. The van der Waals surface area contributed by atoms with Gasteiger partial charge in [0, 0.05) is 39.1 Å². The first kappa shape index (κ1) is 36.6. The van der Waals surface area contributed by atoms with Crippen LogP contribution in [-0.2, 0) is 29.2 Å². The van der Waals surface area contributed by atoms with Gasteiger partial charge in [0.05, 0.1) is 6.10 Å². The van der Waals surface area contributed by atoms with Crippen molar-refractivity contribution in [1.82, 2.24) is 15.1 Å². The standard InChI is InChI=1S/C12H19NO.C11H15NO.C8H11N.C3H4O/c1-11(14)8-9-13(2)10-12-6-4-3-5-7-12;1-12(8-5-9-13)10-11-6-3-2-4-7-11;1-9-7-8-5-3-2-4-6-8;1-2-3-4/h3-7,11,14H,8-10H2,1-2H3;2-4,6-7,9H,5,8,10H2,1H3;2-6,9H,7H2,1H3;2-3H,1H2. The van der Waals surface area contributed by atoms with Crippen molar-refractivity contribution in [2.24, 2.45) is 0 Å². The monoisotopic (exact) mass is 547 g/mol. The first-order valence-electron chi connectivity index (χ1n) is 13.7. The molecule has 0 saturated carbocycles. The van der Waals surface area contributed by atoms with Gasteiger partial charge < -0.3 is 25.0 Å². The van der Waals surface area contributed by atoms with Crippen molar-refractivity contribution in [3.05, 3.63) is 120 Å². The average molecular weight is 548 g/mol. The maximum Gasteiger partial charge on any atom is 0.142 e. The number of hydrogen-bond acceptors (Lipinski definition) is 6. The zero-order valence-electron chi connectivity index (χ0n) is 24.8. The fourth-order valence-electron chi connectivity index (χ4n) is 3.43. The number of carbonyl (C=O) groups is 2. The van der Waals surface area contributed by atoms with Crippen molar-refractivity contribution in [3.63, 3.8) is 0 Å². The molecule has 0 heterocycles. The van der Waals surface area contributed by atoms with Gasteiger partial charge in [0.25, 0.3) is 0 Å². The summed E-state index contributed by atoms with van der Waals surface area (Å²) in [5.74, 6) is 0. The zero-order valence-corrected chi connectivity index (χ0v) is 24.8. The van der Waals surface area contributed by atoms with Gasteiger partial charge in [-0.3, -0.25) is 4.79 Å². The van der Waals surface area contributed by atoms with E-state index in [0.717, 1.165) is 45.4 Å². The van der Waals surface area contributed by atoms with Crippen molar-refractivity contribution in [3.8, 4) is 0 Å². The first-order chi connectivity index (χ1) is 19.4. The van der Waals surface area contributed by atoms with Gasteiger partial charge in [-0.25, -0.2) is 0 Å². The molecule has 0 aliphatic heterocycles. The molecule has 0 radical (unpaired) electrons. The summed E-state index contributed by atoms with van der Waals surface area (Å²) in [6.07, 6.45) is 4.04. The number of rotatable bonds is 13. The molecule has 0 aliphatic carbocycles. The van der Waals surface area contributed by atoms with Crippen molar-refractivity contribution in [1.29, 1.82) is 0 Å². The van der Waals surface area contributed by atoms with Gasteiger partial charge in [-0.15, -0.1) is 0 Å². The molecule has 0 saturated heterocycles. The number of hydrogen-bond donors (Lipinski definition) is 2. The average Bonchev–Trinajstić information content (AvgIpc) is 2.97. The Morgan fingerprint density at radius 2 is 1.18 bits per heavy atom. The number of aliphatic hydroxyl groups excluding tert-OH is 1. The summed E-state index contributed by atoms with van der Waals surface area (Å²) < 4.78 is 0. The summed E-state index contributed by atoms with van der Waals surface area (Å²) in [5, 5.41) is 12.2. The van der Waals surface area contributed by atoms with Crippen LogP contribution in [0.3, 0.4) is 0 Å². The highest BCUT2D eigenvalue weighted by Gasteiger charge is 2.02. The number of nitrogens with zero attached hydrogens (tertiary/aromatic N) is 2. The third-order valence-corrected chi connectivity index (χ3v) is 5.47. The summed E-state index contributed by atoms with van der Waals surface area (Å²) in [4.78, 5) is 23.6. The minimum Gasteiger partial charge on any atom is -0.393 e. The minimum absolute atomic E-state index is 0.201. The highest BCUT2D eigenvalue weighted by Crippen LogP contribution is 2.04. The second-order valence-corrected chi connectivity index (χ2v) is 9.43. The molecule has 3 aromatic rings. The molecule has 0 spiro atoms. The maximum atomic E-state index is 10.1. The van der Waals surface area contributed by atoms with E-state index in [4.69, 9.17) is 9.90 Å². The molecule has 0 aromatic heterocycles. The first-order valence-corrected chi connectivity index (χ1v) is 13.7. The molecule has 6 nitrogen and oxygen atoms in total. The number of benzene rings is 3. The van der Waals surface area contributed by atoms with Crippen LogP contribution in [0.4, 0.5) is 0 Å². The van der Waals surface area contributed by atoms with E-state index in [0.29, 0.717) is 12.7 Å². The number of aldehydes is 2. The Hall–Kier alpha value is -3.42. The molecule has 6 heteroatoms. The summed E-state index contributed by atoms with van der Waals surface area (Å²) in [7, 11) is 6.05. The Balaban J connectivity index is 0.000000544. The topological polar surface area (TPSA) is 72.9 Å². The number of allylic oxidation sites excluding steroid dienone is 1. The smallest absolute Gasteiger partial charge is 0.142 e. The van der Waals surface area contributed by atoms with Crippen LogP contribution in [0.15, 0.2) is 104 Å². The molecule has 2 N–H and O–H groups in total. The third-order valence-electron chi connectivity index (χ3n) is 5.47. The molecule has 218 valence electrons. The van der Waals surface area contributed by atoms with Crippen molar-refractivity contribution >= 4 is 12.6 Å². The quantitative estimate of drug-likeness (QED) is 0.221. The Bertz CT molecular complexity index is 977. The van der Waals surface area contributed by atoms with Crippen molar-refractivity contribution in [2.75, 3.05) is 34.2 Å². The highest BCUT2D eigenvalue weighted by molar-refractivity contribution is 5.63. The summed E-state index contributed by atoms with van der Waals surface area (Å²) in [5.41, 5.74) is 3.94. The van der Waals surface area contributed by atoms with Crippen LogP contribution in [0.25, 0.3) is 0 Å². The van der Waals surface area contributed by atoms with Gasteiger partial charge >= 0.3 is 0 Å². The maximum absolute atomic E-state index is 10.1. The van der Waals surface area contributed by atoms with Gasteiger partial charge in [0.2, 0.25) is 0 Å². The fourth-order valence-corrected chi connectivity index (χ4v) is 3.43. The lowest BCUT2D eigenvalue weighted by Gasteiger charge is -2.17. The molecule has 3 rings (SSSR count). The lowest BCUT2D eigenvalue weighted by molar-refractivity contribution is -0.108. The highest BCUT2D eigenvalue weighted by atomic mass is 16.3. The normalized spacial score (nSPS) is 10.6. The molecular weight excluding hydrogens is 498 g/mol. The largest absolute Gasteiger partial charge is 0.393 e. The molecule has 0 aliphatic rings. The van der Waals surface area contributed by atoms with Crippen molar-refractivity contribution in [2.45, 2.75) is 45.5 Å². The number of aliphatic hydroxyl groups is 1. The number of carbonyl (C=O) groups excluding carboxylic acids is 2. The Morgan fingerprint density at radius 1 is 0.775 bits per heavy atom. The van der Waals surface area contributed by atoms with E-state index in [1.165, 1.54) is 22.8 Å². The molecule has 3 aromatic carbocycles. The van der Waals surface area contributed by atoms with Gasteiger partial charge in [0.1, 0.15) is 12.6 Å². The van der Waals surface area contributed by atoms with Gasteiger partial charge in [-0.05, 0) is 57.3 Å². The lowest BCUT2D eigenvalue weighted by Crippen LogP contribution is -2.21. The van der Waals surface area contributed by atoms with Crippen LogP contribution in [-0.4, -0.2) is 67.8 Å². The molecule has 0 amide bonds. The molecule has 1 unspecified atom stereocenters. The second-order valence-electron chi connectivity index (χ2n) is 9.43. The van der Waals surface area contributed by atoms with E-state index in [2.05, 4.69) is 77.3 Å². The minimum atomic E-state index is -0.201. The van der Waals surface area contributed by atoms with E-state index in [-0.39, 0.29) is 6.10 Å². The van der Waals surface area contributed by atoms with Crippen LogP contribution in [0.2, 0.25) is 0 Å². The molecule has 40 heavy (non-hydrogen) atoms. The molecule has 1 atom stereocenters. The molecular formula is C34H49N3O3. The van der Waals surface area contributed by atoms with E-state index in [1.807, 2.05) is 63.5 Å². The Morgan fingerprint density at radius 3 is 1.52 bits per heavy atom. The van der Waals surface area contributed by atoms with Gasteiger partial charge in [0.15, 0.2) is 0 Å². The second kappa shape index (κ2) is 25.8. The van der Waals surface area contributed by atoms with E-state index in [9.17, 15) is 4.79 Å². The predicted molar refractivity (Wildman–Crippen MR) is 168 cm³/mol. The third kappa shape index (κ3) is 22.6. The van der Waals surface area contributed by atoms with Gasteiger partial charge in [-0.2, -0.15) is 0 Å². The van der Waals surface area contributed by atoms with Crippen LogP contribution >= 0.6 is 0 Å². The summed E-state index contributed by atoms with van der Waals surface area (Å²) >= 11 is 0.